The first-order valence-electron chi connectivity index (χ1n) is 23.2. The van der Waals surface area contributed by atoms with Crippen LogP contribution in [0.15, 0.2) is 140 Å². The van der Waals surface area contributed by atoms with Crippen molar-refractivity contribution < 1.29 is 0 Å². The van der Waals surface area contributed by atoms with Crippen LogP contribution in [0.3, 0.4) is 0 Å². The number of rotatable bonds is 8. The number of unbranched alkanes of at least 4 members (excludes halogenated alkanes) is 3. The summed E-state index contributed by atoms with van der Waals surface area (Å²) in [6, 6.07) is 54.9. The molecular formula is C59H61BN2. The smallest absolute Gasteiger partial charge is 0.247 e. The van der Waals surface area contributed by atoms with Crippen LogP contribution in [0.1, 0.15) is 125 Å². The molecule has 0 saturated carbocycles. The van der Waals surface area contributed by atoms with Crippen molar-refractivity contribution in [3.05, 3.63) is 184 Å². The van der Waals surface area contributed by atoms with E-state index in [2.05, 4.69) is 211 Å². The fraction of sp³-hybridized carbons (Fsp3) is 0.288. The van der Waals surface area contributed by atoms with E-state index in [0.717, 1.165) is 6.42 Å². The van der Waals surface area contributed by atoms with Gasteiger partial charge >= 0.3 is 0 Å². The number of aromatic nitrogens is 1. The Bertz CT molecular complexity index is 2930. The maximum atomic E-state index is 2.56. The second kappa shape index (κ2) is 15.2. The van der Waals surface area contributed by atoms with Crippen molar-refractivity contribution in [2.24, 2.45) is 0 Å². The van der Waals surface area contributed by atoms with Gasteiger partial charge in [-0.25, -0.2) is 0 Å². The van der Waals surface area contributed by atoms with Gasteiger partial charge in [-0.2, -0.15) is 0 Å². The predicted octanol–water partition coefficient (Wildman–Crippen LogP) is 13.9. The first-order valence-corrected chi connectivity index (χ1v) is 23.2. The van der Waals surface area contributed by atoms with Crippen LogP contribution in [0.25, 0.3) is 27.5 Å². The van der Waals surface area contributed by atoms with Gasteiger partial charge in [0.25, 0.3) is 0 Å². The Morgan fingerprint density at radius 2 is 1.18 bits per heavy atom. The summed E-state index contributed by atoms with van der Waals surface area (Å²) in [6.07, 6.45) is 6.25. The molecule has 0 saturated heterocycles. The molecular weight excluding hydrogens is 747 g/mol. The third kappa shape index (κ3) is 6.80. The molecule has 10 rings (SSSR count). The van der Waals surface area contributed by atoms with Crippen LogP contribution in [-0.2, 0) is 17.3 Å². The largest absolute Gasteiger partial charge is 0.312 e. The molecule has 3 heteroatoms. The van der Waals surface area contributed by atoms with Gasteiger partial charge in [0.15, 0.2) is 0 Å². The normalized spacial score (nSPS) is 14.6. The van der Waals surface area contributed by atoms with Crippen molar-refractivity contribution in [3.8, 4) is 5.69 Å². The minimum Gasteiger partial charge on any atom is -0.312 e. The molecule has 0 radical (unpaired) electrons. The fourth-order valence-corrected chi connectivity index (χ4v) is 10.7. The standard InChI is InChI=1S/C59H61BN2/c1-10-11-12-13-15-40-20-22-41(23-21-40)56-46-16-14-17-55-57(46)60(51-36-43(59(7,8)9)26-33-54(51)61(55)44-27-24-42(25-28-44)58(4,5)6)50-30-29-45(37-49(50)56)62-52-31-18-38(2)34-47(52)48-35-39(3)19-32-53(48)62/h14,16-37,56H,10-13,15H2,1-9H3. The van der Waals surface area contributed by atoms with E-state index in [1.807, 2.05) is 0 Å². The summed E-state index contributed by atoms with van der Waals surface area (Å²) in [5.74, 6) is 0.0698. The van der Waals surface area contributed by atoms with Crippen molar-refractivity contribution in [2.75, 3.05) is 4.90 Å². The highest BCUT2D eigenvalue weighted by Gasteiger charge is 2.44. The van der Waals surface area contributed by atoms with E-state index < -0.39 is 0 Å². The summed E-state index contributed by atoms with van der Waals surface area (Å²) >= 11 is 0. The lowest BCUT2D eigenvalue weighted by molar-refractivity contribution is 0.590. The van der Waals surface area contributed by atoms with E-state index in [4.69, 9.17) is 0 Å². The fourth-order valence-electron chi connectivity index (χ4n) is 10.7. The highest BCUT2D eigenvalue weighted by molar-refractivity contribution is 6.99. The monoisotopic (exact) mass is 808 g/mol. The van der Waals surface area contributed by atoms with E-state index in [0.29, 0.717) is 0 Å². The van der Waals surface area contributed by atoms with Crippen LogP contribution < -0.4 is 21.3 Å². The van der Waals surface area contributed by atoms with Crippen LogP contribution in [0.5, 0.6) is 0 Å². The Morgan fingerprint density at radius 3 is 1.82 bits per heavy atom. The average Bonchev–Trinajstić information content (AvgIpc) is 3.57. The average molecular weight is 809 g/mol. The van der Waals surface area contributed by atoms with Crippen molar-refractivity contribution in [2.45, 2.75) is 111 Å². The first kappa shape index (κ1) is 40.3. The van der Waals surface area contributed by atoms with Gasteiger partial charge in [0.2, 0.25) is 6.71 Å². The molecule has 0 aliphatic carbocycles. The Kier molecular flexibility index (Phi) is 9.90. The molecule has 0 fully saturated rings. The first-order chi connectivity index (χ1) is 29.8. The maximum Gasteiger partial charge on any atom is 0.247 e. The molecule has 0 bridgehead atoms. The Hall–Kier alpha value is -5.80. The molecule has 1 unspecified atom stereocenters. The quantitative estimate of drug-likeness (QED) is 0.110. The Morgan fingerprint density at radius 1 is 0.532 bits per heavy atom. The minimum absolute atomic E-state index is 0.00340. The van der Waals surface area contributed by atoms with Gasteiger partial charge in [0, 0.05) is 39.4 Å². The van der Waals surface area contributed by atoms with E-state index >= 15 is 0 Å². The summed E-state index contributed by atoms with van der Waals surface area (Å²) < 4.78 is 2.52. The second-order valence-electron chi connectivity index (χ2n) is 20.5. The van der Waals surface area contributed by atoms with Gasteiger partial charge in [0.1, 0.15) is 0 Å². The summed E-state index contributed by atoms with van der Waals surface area (Å²) in [4.78, 5) is 2.56. The second-order valence-corrected chi connectivity index (χ2v) is 20.5. The van der Waals surface area contributed by atoms with E-state index in [1.54, 1.807) is 0 Å². The van der Waals surface area contributed by atoms with Gasteiger partial charge in [0.05, 0.1) is 11.0 Å². The SMILES string of the molecule is CCCCCCc1ccc(C2c3cc(-n4c5ccc(C)cc5c5cc(C)ccc54)ccc3B3c4cc(C(C)(C)C)ccc4N(c4ccc(C(C)(C)C)cc4)c4cccc2c43)cc1. The van der Waals surface area contributed by atoms with E-state index in [-0.39, 0.29) is 23.5 Å². The van der Waals surface area contributed by atoms with Gasteiger partial charge in [-0.05, 0) is 142 Å². The van der Waals surface area contributed by atoms with Gasteiger partial charge < -0.3 is 9.47 Å². The summed E-state index contributed by atoms with van der Waals surface area (Å²) in [5.41, 5.74) is 22.7. The third-order valence-corrected chi connectivity index (χ3v) is 14.1. The highest BCUT2D eigenvalue weighted by atomic mass is 15.2. The van der Waals surface area contributed by atoms with Crippen LogP contribution >= 0.6 is 0 Å². The number of benzene rings is 7. The number of hydrogen-bond donors (Lipinski definition) is 0. The van der Waals surface area contributed by atoms with Crippen molar-refractivity contribution in [3.63, 3.8) is 0 Å². The topological polar surface area (TPSA) is 8.17 Å². The zero-order valence-corrected chi connectivity index (χ0v) is 38.4. The molecule has 2 nitrogen and oxygen atoms in total. The van der Waals surface area contributed by atoms with Gasteiger partial charge in [-0.15, -0.1) is 0 Å². The molecule has 310 valence electrons. The zero-order valence-electron chi connectivity index (χ0n) is 38.4. The maximum absolute atomic E-state index is 2.56. The van der Waals surface area contributed by atoms with Crippen LogP contribution in [0, 0.1) is 13.8 Å². The molecule has 7 aromatic carbocycles. The van der Waals surface area contributed by atoms with Gasteiger partial charge in [-0.1, -0.05) is 163 Å². The molecule has 0 N–H and O–H groups in total. The molecule has 1 atom stereocenters. The lowest BCUT2D eigenvalue weighted by Gasteiger charge is -2.43. The molecule has 1 aromatic heterocycles. The third-order valence-electron chi connectivity index (χ3n) is 14.1. The summed E-state index contributed by atoms with van der Waals surface area (Å²) in [7, 11) is 0. The summed E-state index contributed by atoms with van der Waals surface area (Å²) in [6.45, 7) is 20.7. The molecule has 0 amide bonds. The van der Waals surface area contributed by atoms with Crippen molar-refractivity contribution in [1.29, 1.82) is 0 Å². The van der Waals surface area contributed by atoms with Crippen LogP contribution in [-0.4, -0.2) is 11.3 Å². The molecule has 3 heterocycles. The van der Waals surface area contributed by atoms with E-state index in [1.165, 1.54) is 131 Å². The Balaban J connectivity index is 1.22. The van der Waals surface area contributed by atoms with Crippen molar-refractivity contribution in [1.82, 2.24) is 4.57 Å². The lowest BCUT2D eigenvalue weighted by atomic mass is 9.31. The van der Waals surface area contributed by atoms with Gasteiger partial charge in [-0.3, -0.25) is 0 Å². The number of nitrogens with zero attached hydrogens (tertiary/aromatic N) is 2. The zero-order chi connectivity index (χ0) is 43.1. The Labute approximate surface area is 370 Å². The number of hydrogen-bond acceptors (Lipinski definition) is 1. The molecule has 8 aromatic rings. The van der Waals surface area contributed by atoms with E-state index in [9.17, 15) is 0 Å². The number of anilines is 3. The lowest BCUT2D eigenvalue weighted by Crippen LogP contribution is -2.62. The minimum atomic E-state index is 0.00340. The van der Waals surface area contributed by atoms with Crippen LogP contribution in [0.2, 0.25) is 0 Å². The van der Waals surface area contributed by atoms with Crippen LogP contribution in [0.4, 0.5) is 17.1 Å². The summed E-state index contributed by atoms with van der Waals surface area (Å²) in [5, 5.41) is 2.63. The molecule has 2 aliphatic rings. The number of aryl methyl sites for hydroxylation is 3. The molecule has 62 heavy (non-hydrogen) atoms. The predicted molar refractivity (Wildman–Crippen MR) is 269 cm³/mol. The number of fused-ring (bicyclic) bond motifs is 7. The molecule has 2 aliphatic heterocycles. The molecule has 0 spiro atoms. The highest BCUT2D eigenvalue weighted by Crippen LogP contribution is 2.44. The van der Waals surface area contributed by atoms with Crippen molar-refractivity contribution >= 4 is 62.0 Å².